The second-order valence-electron chi connectivity index (χ2n) is 5.59. The summed E-state index contributed by atoms with van der Waals surface area (Å²) in [4.78, 5) is 13.0. The summed E-state index contributed by atoms with van der Waals surface area (Å²) in [5.74, 6) is -0.566. The largest absolute Gasteiger partial charge is 0.411 e. The minimum Gasteiger partial charge on any atom is -0.411 e. The molecule has 2 atom stereocenters. The number of ketones is 1. The van der Waals surface area contributed by atoms with Gasteiger partial charge in [0.2, 0.25) is 0 Å². The van der Waals surface area contributed by atoms with Crippen molar-refractivity contribution in [3.05, 3.63) is 71.8 Å². The molecule has 0 amide bonds. The standard InChI is InChI=1S/C20H23NO2/c1-3-17(15-11-7-5-8-12-15)19(21-23)20(22)18(4-2)16-13-9-6-10-14-16/h5-14,17-18,23H,3-4H2,1-2H3. The number of rotatable bonds is 7. The molecule has 1 N–H and O–H groups in total. The lowest BCUT2D eigenvalue weighted by Gasteiger charge is -2.20. The molecule has 0 spiro atoms. The van der Waals surface area contributed by atoms with Crippen molar-refractivity contribution < 1.29 is 10.0 Å². The van der Waals surface area contributed by atoms with E-state index < -0.39 is 0 Å². The van der Waals surface area contributed by atoms with Crippen molar-refractivity contribution >= 4 is 11.5 Å². The number of carbonyl (C=O) groups excluding carboxylic acids is 1. The number of benzene rings is 2. The Hall–Kier alpha value is -2.42. The Balaban J connectivity index is 2.34. The minimum absolute atomic E-state index is 0.100. The number of Topliss-reactive ketones (excluding diaryl/α,β-unsaturated/α-hetero) is 1. The van der Waals surface area contributed by atoms with Gasteiger partial charge in [-0.1, -0.05) is 79.7 Å². The molecule has 120 valence electrons. The van der Waals surface area contributed by atoms with Crippen LogP contribution in [0.15, 0.2) is 65.8 Å². The Morgan fingerprint density at radius 2 is 1.30 bits per heavy atom. The monoisotopic (exact) mass is 309 g/mol. The molecule has 3 nitrogen and oxygen atoms in total. The maximum atomic E-state index is 13.0. The van der Waals surface area contributed by atoms with E-state index in [-0.39, 0.29) is 23.3 Å². The van der Waals surface area contributed by atoms with Crippen molar-refractivity contribution in [2.24, 2.45) is 5.16 Å². The van der Waals surface area contributed by atoms with E-state index in [0.29, 0.717) is 12.8 Å². The Bertz CT molecular complexity index is 650. The molecule has 0 radical (unpaired) electrons. The molecule has 0 heterocycles. The summed E-state index contributed by atoms with van der Waals surface area (Å²) in [5, 5.41) is 12.9. The highest BCUT2D eigenvalue weighted by atomic mass is 16.4. The van der Waals surface area contributed by atoms with Crippen molar-refractivity contribution in [3.8, 4) is 0 Å². The number of oxime groups is 1. The highest BCUT2D eigenvalue weighted by Gasteiger charge is 2.29. The van der Waals surface area contributed by atoms with Gasteiger partial charge in [-0.2, -0.15) is 0 Å². The third-order valence-corrected chi connectivity index (χ3v) is 4.23. The normalized spacial score (nSPS) is 14.3. The molecule has 0 bridgehead atoms. The van der Waals surface area contributed by atoms with Crippen LogP contribution >= 0.6 is 0 Å². The van der Waals surface area contributed by atoms with Crippen LogP contribution in [0.4, 0.5) is 0 Å². The van der Waals surface area contributed by atoms with E-state index in [2.05, 4.69) is 5.16 Å². The zero-order chi connectivity index (χ0) is 16.7. The van der Waals surface area contributed by atoms with Gasteiger partial charge >= 0.3 is 0 Å². The van der Waals surface area contributed by atoms with Crippen LogP contribution in [0.5, 0.6) is 0 Å². The fraction of sp³-hybridized carbons (Fsp3) is 0.300. The summed E-state index contributed by atoms with van der Waals surface area (Å²) in [6.07, 6.45) is 1.38. The van der Waals surface area contributed by atoms with Gasteiger partial charge in [-0.3, -0.25) is 4.79 Å². The van der Waals surface area contributed by atoms with Crippen LogP contribution in [0.3, 0.4) is 0 Å². The first-order chi connectivity index (χ1) is 11.2. The van der Waals surface area contributed by atoms with Crippen LogP contribution in [-0.2, 0) is 4.79 Å². The van der Waals surface area contributed by atoms with E-state index in [1.807, 2.05) is 74.5 Å². The number of hydrogen-bond donors (Lipinski definition) is 1. The van der Waals surface area contributed by atoms with Crippen molar-refractivity contribution in [3.63, 3.8) is 0 Å². The van der Waals surface area contributed by atoms with Gasteiger partial charge in [-0.15, -0.1) is 0 Å². The highest BCUT2D eigenvalue weighted by Crippen LogP contribution is 2.28. The van der Waals surface area contributed by atoms with Crippen molar-refractivity contribution in [2.45, 2.75) is 38.5 Å². The molecule has 0 aliphatic heterocycles. The van der Waals surface area contributed by atoms with Gasteiger partial charge in [0.25, 0.3) is 0 Å². The summed E-state index contributed by atoms with van der Waals surface area (Å²) in [7, 11) is 0. The van der Waals surface area contributed by atoms with Gasteiger partial charge in [0.15, 0.2) is 5.78 Å². The van der Waals surface area contributed by atoms with Crippen LogP contribution in [0.2, 0.25) is 0 Å². The second-order valence-corrected chi connectivity index (χ2v) is 5.59. The summed E-state index contributed by atoms with van der Waals surface area (Å²) in [6.45, 7) is 3.98. The van der Waals surface area contributed by atoms with E-state index in [9.17, 15) is 10.0 Å². The quantitative estimate of drug-likeness (QED) is 0.455. The van der Waals surface area contributed by atoms with Gasteiger partial charge in [-0.25, -0.2) is 0 Å². The molecule has 2 aromatic rings. The molecule has 0 aliphatic rings. The van der Waals surface area contributed by atoms with Crippen LogP contribution in [0, 0.1) is 0 Å². The Morgan fingerprint density at radius 3 is 1.70 bits per heavy atom. The Kier molecular flexibility index (Phi) is 6.10. The van der Waals surface area contributed by atoms with Crippen LogP contribution in [0.1, 0.15) is 49.7 Å². The number of nitrogens with zero attached hydrogens (tertiary/aromatic N) is 1. The molecule has 2 unspecified atom stereocenters. The topological polar surface area (TPSA) is 49.7 Å². The smallest absolute Gasteiger partial charge is 0.188 e. The number of carbonyl (C=O) groups is 1. The summed E-state index contributed by atoms with van der Waals surface area (Å²) in [5.41, 5.74) is 2.21. The molecule has 0 saturated heterocycles. The van der Waals surface area contributed by atoms with Gasteiger partial charge in [-0.05, 0) is 24.0 Å². The molecule has 23 heavy (non-hydrogen) atoms. The van der Waals surface area contributed by atoms with Gasteiger partial charge < -0.3 is 5.21 Å². The van der Waals surface area contributed by atoms with E-state index in [1.54, 1.807) is 0 Å². The predicted octanol–water partition coefficient (Wildman–Crippen LogP) is 4.77. The lowest BCUT2D eigenvalue weighted by molar-refractivity contribution is -0.114. The van der Waals surface area contributed by atoms with Gasteiger partial charge in [0, 0.05) is 11.8 Å². The van der Waals surface area contributed by atoms with E-state index in [4.69, 9.17) is 0 Å². The molecule has 2 rings (SSSR count). The van der Waals surface area contributed by atoms with E-state index in [1.165, 1.54) is 0 Å². The summed E-state index contributed by atoms with van der Waals surface area (Å²) < 4.78 is 0. The molecule has 3 heteroatoms. The zero-order valence-electron chi connectivity index (χ0n) is 13.6. The lowest BCUT2D eigenvalue weighted by Crippen LogP contribution is -2.27. The van der Waals surface area contributed by atoms with Crippen LogP contribution < -0.4 is 0 Å². The SMILES string of the molecule is CCC(C(=O)C(=NO)C(CC)c1ccccc1)c1ccccc1. The Morgan fingerprint density at radius 1 is 0.870 bits per heavy atom. The van der Waals surface area contributed by atoms with Crippen molar-refractivity contribution in [2.75, 3.05) is 0 Å². The van der Waals surface area contributed by atoms with Crippen molar-refractivity contribution in [1.29, 1.82) is 0 Å². The first-order valence-electron chi connectivity index (χ1n) is 8.08. The minimum atomic E-state index is -0.278. The average molecular weight is 309 g/mol. The second kappa shape index (κ2) is 8.28. The predicted molar refractivity (Wildman–Crippen MR) is 93.2 cm³/mol. The average Bonchev–Trinajstić information content (AvgIpc) is 2.61. The van der Waals surface area contributed by atoms with Crippen molar-refractivity contribution in [1.82, 2.24) is 0 Å². The molecule has 2 aromatic carbocycles. The fourth-order valence-electron chi connectivity index (χ4n) is 3.00. The van der Waals surface area contributed by atoms with Gasteiger partial charge in [0.1, 0.15) is 5.71 Å². The number of hydrogen-bond acceptors (Lipinski definition) is 3. The van der Waals surface area contributed by atoms with E-state index in [0.717, 1.165) is 11.1 Å². The van der Waals surface area contributed by atoms with Crippen LogP contribution in [-0.4, -0.2) is 16.7 Å². The third kappa shape index (κ3) is 3.86. The third-order valence-electron chi connectivity index (χ3n) is 4.23. The summed E-state index contributed by atoms with van der Waals surface area (Å²) >= 11 is 0. The van der Waals surface area contributed by atoms with Crippen LogP contribution in [0.25, 0.3) is 0 Å². The maximum absolute atomic E-state index is 13.0. The molecular formula is C20H23NO2. The molecule has 0 saturated carbocycles. The zero-order valence-corrected chi connectivity index (χ0v) is 13.6. The summed E-state index contributed by atoms with van der Waals surface area (Å²) in [6, 6.07) is 19.4. The highest BCUT2D eigenvalue weighted by molar-refractivity contribution is 6.43. The molecule has 0 aromatic heterocycles. The first-order valence-corrected chi connectivity index (χ1v) is 8.08. The van der Waals surface area contributed by atoms with Gasteiger partial charge in [0.05, 0.1) is 0 Å². The maximum Gasteiger partial charge on any atom is 0.188 e. The molecular weight excluding hydrogens is 286 g/mol. The Labute approximate surface area is 137 Å². The molecule has 0 fully saturated rings. The lowest BCUT2D eigenvalue weighted by atomic mass is 9.82. The van der Waals surface area contributed by atoms with E-state index >= 15 is 0 Å². The fourth-order valence-corrected chi connectivity index (χ4v) is 3.00. The molecule has 0 aliphatic carbocycles. The first kappa shape index (κ1) is 16.9.